The van der Waals surface area contributed by atoms with Crippen molar-refractivity contribution < 1.29 is 9.15 Å². The van der Waals surface area contributed by atoms with E-state index in [1.807, 2.05) is 24.3 Å². The Kier molecular flexibility index (Phi) is 4.14. The predicted octanol–water partition coefficient (Wildman–Crippen LogP) is 1.19. The van der Waals surface area contributed by atoms with E-state index in [4.69, 9.17) is 14.9 Å². The summed E-state index contributed by atoms with van der Waals surface area (Å²) >= 11 is 0. The maximum Gasteiger partial charge on any atom is 0.315 e. The number of nitrogens with zero attached hydrogens (tertiary/aromatic N) is 2. The molecule has 1 aromatic heterocycles. The summed E-state index contributed by atoms with van der Waals surface area (Å²) in [5.74, 6) is 1.37. The van der Waals surface area contributed by atoms with Gasteiger partial charge in [-0.25, -0.2) is 0 Å². The van der Waals surface area contributed by atoms with Crippen LogP contribution in [-0.2, 0) is 13.0 Å². The number of ether oxygens (including phenoxy) is 1. The van der Waals surface area contributed by atoms with Crippen molar-refractivity contribution in [3.05, 3.63) is 35.7 Å². The van der Waals surface area contributed by atoms with Gasteiger partial charge in [0.15, 0.2) is 0 Å². The molecular weight excluding hydrogens is 232 g/mol. The fourth-order valence-electron chi connectivity index (χ4n) is 1.51. The van der Waals surface area contributed by atoms with Crippen LogP contribution in [-0.4, -0.2) is 23.9 Å². The molecule has 6 nitrogen and oxygen atoms in total. The number of anilines is 1. The highest BCUT2D eigenvalue weighted by Gasteiger charge is 2.04. The molecule has 0 aliphatic rings. The molecular formula is C12H16N4O2. The van der Waals surface area contributed by atoms with E-state index in [-0.39, 0.29) is 0 Å². The van der Waals surface area contributed by atoms with Gasteiger partial charge in [-0.3, -0.25) is 0 Å². The number of hydrogen-bond donors (Lipinski definition) is 2. The van der Waals surface area contributed by atoms with Crippen molar-refractivity contribution >= 4 is 6.01 Å². The molecule has 0 saturated carbocycles. The van der Waals surface area contributed by atoms with E-state index < -0.39 is 0 Å². The van der Waals surface area contributed by atoms with Crippen LogP contribution in [0.4, 0.5) is 6.01 Å². The number of nitrogens with one attached hydrogen (secondary N) is 1. The van der Waals surface area contributed by atoms with Crippen LogP contribution in [0.25, 0.3) is 0 Å². The summed E-state index contributed by atoms with van der Waals surface area (Å²) in [6.45, 7) is 1.10. The topological polar surface area (TPSA) is 86.2 Å². The van der Waals surface area contributed by atoms with Gasteiger partial charge in [0.2, 0.25) is 5.89 Å². The molecule has 0 bridgehead atoms. The minimum atomic E-state index is 0.404. The molecule has 2 aromatic rings. The van der Waals surface area contributed by atoms with Crippen LogP contribution in [0.5, 0.6) is 5.75 Å². The van der Waals surface area contributed by atoms with Crippen molar-refractivity contribution in [3.8, 4) is 5.75 Å². The fraction of sp³-hybridized carbons (Fsp3) is 0.333. The van der Waals surface area contributed by atoms with Crippen molar-refractivity contribution in [1.82, 2.24) is 10.2 Å². The molecule has 1 aromatic carbocycles. The Labute approximate surface area is 105 Å². The molecule has 0 spiro atoms. The lowest BCUT2D eigenvalue weighted by atomic mass is 10.2. The Morgan fingerprint density at radius 3 is 3.06 bits per heavy atom. The van der Waals surface area contributed by atoms with Gasteiger partial charge in [0.05, 0.1) is 7.11 Å². The molecule has 0 aliphatic heterocycles. The molecule has 18 heavy (non-hydrogen) atoms. The Balaban J connectivity index is 1.93. The zero-order valence-electron chi connectivity index (χ0n) is 10.2. The van der Waals surface area contributed by atoms with E-state index in [0.717, 1.165) is 11.3 Å². The molecule has 2 rings (SSSR count). The van der Waals surface area contributed by atoms with Crippen molar-refractivity contribution in [2.75, 3.05) is 19.0 Å². The van der Waals surface area contributed by atoms with Gasteiger partial charge in [-0.1, -0.05) is 17.2 Å². The largest absolute Gasteiger partial charge is 0.497 e. The number of methoxy groups -OCH3 is 1. The second kappa shape index (κ2) is 6.02. The first-order chi connectivity index (χ1) is 8.81. The summed E-state index contributed by atoms with van der Waals surface area (Å²) in [5.41, 5.74) is 6.48. The first kappa shape index (κ1) is 12.4. The van der Waals surface area contributed by atoms with Crippen LogP contribution in [0.15, 0.2) is 28.7 Å². The van der Waals surface area contributed by atoms with Crippen LogP contribution in [0, 0.1) is 0 Å². The summed E-state index contributed by atoms with van der Waals surface area (Å²) in [6, 6.07) is 8.18. The quantitative estimate of drug-likeness (QED) is 0.798. The molecule has 0 unspecified atom stereocenters. The Morgan fingerprint density at radius 2 is 2.28 bits per heavy atom. The third-order valence-electron chi connectivity index (χ3n) is 2.40. The molecule has 0 aliphatic carbocycles. The van der Waals surface area contributed by atoms with Gasteiger partial charge in [-0.15, -0.1) is 5.10 Å². The first-order valence-electron chi connectivity index (χ1n) is 5.71. The van der Waals surface area contributed by atoms with Gasteiger partial charge < -0.3 is 20.2 Å². The Hall–Kier alpha value is -2.08. The highest BCUT2D eigenvalue weighted by atomic mass is 16.5. The highest BCUT2D eigenvalue weighted by Crippen LogP contribution is 2.14. The van der Waals surface area contributed by atoms with Crippen molar-refractivity contribution in [1.29, 1.82) is 0 Å². The van der Waals surface area contributed by atoms with Crippen LogP contribution in [0.2, 0.25) is 0 Å². The minimum Gasteiger partial charge on any atom is -0.497 e. The molecule has 6 heteroatoms. The van der Waals surface area contributed by atoms with Crippen LogP contribution >= 0.6 is 0 Å². The molecule has 0 fully saturated rings. The summed E-state index contributed by atoms with van der Waals surface area (Å²) < 4.78 is 10.5. The van der Waals surface area contributed by atoms with Gasteiger partial charge >= 0.3 is 6.01 Å². The molecule has 1 heterocycles. The third-order valence-corrected chi connectivity index (χ3v) is 2.40. The molecule has 3 N–H and O–H groups in total. The van der Waals surface area contributed by atoms with Crippen LogP contribution < -0.4 is 15.8 Å². The predicted molar refractivity (Wildman–Crippen MR) is 67.4 cm³/mol. The average molecular weight is 248 g/mol. The van der Waals surface area contributed by atoms with Gasteiger partial charge in [0, 0.05) is 19.5 Å². The number of hydrogen-bond acceptors (Lipinski definition) is 6. The van der Waals surface area contributed by atoms with Crippen molar-refractivity contribution in [2.45, 2.75) is 13.0 Å². The van der Waals surface area contributed by atoms with Gasteiger partial charge in [0.25, 0.3) is 0 Å². The highest BCUT2D eigenvalue weighted by molar-refractivity contribution is 5.31. The van der Waals surface area contributed by atoms with Gasteiger partial charge in [-0.05, 0) is 17.7 Å². The zero-order valence-corrected chi connectivity index (χ0v) is 10.2. The van der Waals surface area contributed by atoms with Crippen LogP contribution in [0.3, 0.4) is 0 Å². The van der Waals surface area contributed by atoms with Crippen LogP contribution in [0.1, 0.15) is 11.5 Å². The summed E-state index contributed by atoms with van der Waals surface area (Å²) in [7, 11) is 1.64. The lowest BCUT2D eigenvalue weighted by molar-refractivity contribution is 0.414. The second-order valence-electron chi connectivity index (χ2n) is 3.74. The first-order valence-corrected chi connectivity index (χ1v) is 5.71. The number of benzene rings is 1. The summed E-state index contributed by atoms with van der Waals surface area (Å²) in [4.78, 5) is 0. The van der Waals surface area contributed by atoms with E-state index in [1.165, 1.54) is 0 Å². The molecule has 0 amide bonds. The van der Waals surface area contributed by atoms with Gasteiger partial charge in [0.1, 0.15) is 5.75 Å². The van der Waals surface area contributed by atoms with E-state index in [1.54, 1.807) is 7.11 Å². The van der Waals surface area contributed by atoms with Crippen molar-refractivity contribution in [2.24, 2.45) is 5.73 Å². The summed E-state index contributed by atoms with van der Waals surface area (Å²) in [5, 5.41) is 10.8. The lowest BCUT2D eigenvalue weighted by Crippen LogP contribution is -2.02. The Bertz CT molecular complexity index is 498. The summed E-state index contributed by atoms with van der Waals surface area (Å²) in [6.07, 6.45) is 0.591. The van der Waals surface area contributed by atoms with E-state index in [2.05, 4.69) is 15.5 Å². The Morgan fingerprint density at radius 1 is 1.39 bits per heavy atom. The molecule has 0 atom stereocenters. The average Bonchev–Trinajstić information content (AvgIpc) is 2.85. The van der Waals surface area contributed by atoms with E-state index in [9.17, 15) is 0 Å². The van der Waals surface area contributed by atoms with Gasteiger partial charge in [-0.2, -0.15) is 0 Å². The molecule has 0 radical (unpaired) electrons. The maximum atomic E-state index is 5.40. The SMILES string of the molecule is COc1cccc(CNc2nnc(CCN)o2)c1. The smallest absolute Gasteiger partial charge is 0.315 e. The normalized spacial score (nSPS) is 10.3. The monoisotopic (exact) mass is 248 g/mol. The third kappa shape index (κ3) is 3.21. The van der Waals surface area contributed by atoms with E-state index >= 15 is 0 Å². The number of nitrogens with two attached hydrogens (primary N) is 1. The maximum absolute atomic E-state index is 5.40. The lowest BCUT2D eigenvalue weighted by Gasteiger charge is -2.04. The molecule has 96 valence electrons. The minimum absolute atomic E-state index is 0.404. The second-order valence-corrected chi connectivity index (χ2v) is 3.74. The standard InChI is InChI=1S/C12H16N4O2/c1-17-10-4-2-3-9(7-10)8-14-12-16-15-11(18-12)5-6-13/h2-4,7H,5-6,8,13H2,1H3,(H,14,16). The number of aromatic nitrogens is 2. The van der Waals surface area contributed by atoms with E-state index in [0.29, 0.717) is 31.4 Å². The number of rotatable bonds is 6. The zero-order chi connectivity index (χ0) is 12.8. The fourth-order valence-corrected chi connectivity index (χ4v) is 1.51. The van der Waals surface area contributed by atoms with Crippen molar-refractivity contribution in [3.63, 3.8) is 0 Å². The molecule has 0 saturated heterocycles.